The average Bonchev–Trinajstić information content (AvgIpc) is 3.44. The standard InChI is InChI=1S/C48H73FN2O6S/c1-30(2)39-34(52)26-47(36(53)29-51(25-24-50(10)11)28-31-12-14-32(49)15-13-31)22-20-44(7)33(40(39)47)16-17-35-45(44,8)21-23-48(58)43(5,6)37(18-19-46(35,48)9)57-38(54)27-42(3,4)41(55)56/h12-15,30,33,35-37,53,58H,16-29H2,1-11H3,(H,55,56)/t33-,35+,36-,37+,44-,45-,46-,47+,48?/m1/s1. The fraction of sp³-hybridized carbons (Fsp3) is 0.771. The molecule has 2 N–H and O–H groups in total. The lowest BCUT2D eigenvalue weighted by Crippen LogP contribution is -2.71. The summed E-state index contributed by atoms with van der Waals surface area (Å²) in [7, 11) is 4.10. The van der Waals surface area contributed by atoms with Gasteiger partial charge in [-0.05, 0) is 137 Å². The Balaban J connectivity index is 1.31. The summed E-state index contributed by atoms with van der Waals surface area (Å²) < 4.78 is 19.6. The molecule has 9 atom stereocenters. The molecule has 5 aliphatic rings. The number of halogens is 1. The Morgan fingerprint density at radius 3 is 2.17 bits per heavy atom. The van der Waals surface area contributed by atoms with E-state index in [-0.39, 0.29) is 52.2 Å². The number of ketones is 1. The van der Waals surface area contributed by atoms with E-state index in [2.05, 4.69) is 58.3 Å². The molecule has 10 heteroatoms. The maximum absolute atomic E-state index is 14.3. The zero-order valence-electron chi connectivity index (χ0n) is 37.3. The van der Waals surface area contributed by atoms with E-state index in [1.165, 1.54) is 17.7 Å². The van der Waals surface area contributed by atoms with Gasteiger partial charge in [0.15, 0.2) is 5.78 Å². The van der Waals surface area contributed by atoms with Gasteiger partial charge in [0.05, 0.1) is 17.9 Å². The van der Waals surface area contributed by atoms with E-state index in [0.29, 0.717) is 31.8 Å². The lowest BCUT2D eigenvalue weighted by Gasteiger charge is -2.75. The van der Waals surface area contributed by atoms with Crippen molar-refractivity contribution in [2.45, 2.75) is 150 Å². The lowest BCUT2D eigenvalue weighted by atomic mass is 9.32. The number of aliphatic hydroxyl groups is 1. The van der Waals surface area contributed by atoms with Gasteiger partial charge in [0.25, 0.3) is 0 Å². The summed E-state index contributed by atoms with van der Waals surface area (Å²) in [6, 6.07) is 6.63. The Labute approximate surface area is 353 Å². The number of allylic oxidation sites excluding steroid dienone is 1. The maximum Gasteiger partial charge on any atom is 0.309 e. The van der Waals surface area contributed by atoms with Crippen molar-refractivity contribution in [2.24, 2.45) is 50.2 Å². The molecule has 0 aromatic heterocycles. The number of carboxylic acids is 1. The highest BCUT2D eigenvalue weighted by Gasteiger charge is 2.74. The van der Waals surface area contributed by atoms with Crippen LogP contribution in [0.2, 0.25) is 0 Å². The Bertz CT molecular complexity index is 1790. The molecule has 0 radical (unpaired) electrons. The molecular formula is C48H73FN2O6S. The summed E-state index contributed by atoms with van der Waals surface area (Å²) in [6.07, 6.45) is 6.10. The van der Waals surface area contributed by atoms with Crippen LogP contribution >= 0.6 is 12.6 Å². The molecule has 6 rings (SSSR count). The molecule has 5 aliphatic carbocycles. The maximum atomic E-state index is 14.3. The van der Waals surface area contributed by atoms with E-state index in [1.807, 2.05) is 26.2 Å². The molecule has 58 heavy (non-hydrogen) atoms. The minimum Gasteiger partial charge on any atom is -0.481 e. The number of ether oxygens (including phenoxy) is 1. The first-order valence-corrected chi connectivity index (χ1v) is 22.5. The molecule has 0 saturated heterocycles. The van der Waals surface area contributed by atoms with Crippen molar-refractivity contribution in [2.75, 3.05) is 33.7 Å². The number of nitrogens with zero attached hydrogens (tertiary/aromatic N) is 2. The van der Waals surface area contributed by atoms with E-state index in [0.717, 1.165) is 69.2 Å². The monoisotopic (exact) mass is 825 g/mol. The lowest BCUT2D eigenvalue weighted by molar-refractivity contribution is -0.223. The van der Waals surface area contributed by atoms with Crippen molar-refractivity contribution < 1.29 is 33.7 Å². The molecule has 4 fully saturated rings. The molecule has 0 bridgehead atoms. The fourth-order valence-corrected chi connectivity index (χ4v) is 14.1. The number of esters is 1. The van der Waals surface area contributed by atoms with E-state index < -0.39 is 39.0 Å². The van der Waals surface area contributed by atoms with Gasteiger partial charge in [0, 0.05) is 48.2 Å². The van der Waals surface area contributed by atoms with Crippen LogP contribution in [0.25, 0.3) is 0 Å². The molecule has 4 saturated carbocycles. The number of likely N-dealkylation sites (N-methyl/N-ethyl adjacent to an activating group) is 1. The fourth-order valence-electron chi connectivity index (χ4n) is 13.6. The summed E-state index contributed by atoms with van der Waals surface area (Å²) in [5, 5.41) is 22.3. The van der Waals surface area contributed by atoms with Crippen LogP contribution in [-0.4, -0.2) is 88.4 Å². The van der Waals surface area contributed by atoms with E-state index in [4.69, 9.17) is 17.4 Å². The van der Waals surface area contributed by atoms with Gasteiger partial charge >= 0.3 is 11.9 Å². The zero-order valence-corrected chi connectivity index (χ0v) is 38.2. The first-order chi connectivity index (χ1) is 26.8. The molecule has 1 aromatic rings. The zero-order chi connectivity index (χ0) is 43.0. The summed E-state index contributed by atoms with van der Waals surface area (Å²) >= 11 is 5.70. The topological polar surface area (TPSA) is 107 Å². The third-order valence-electron chi connectivity index (χ3n) is 17.4. The van der Waals surface area contributed by atoms with Crippen LogP contribution < -0.4 is 0 Å². The van der Waals surface area contributed by atoms with E-state index in [9.17, 15) is 29.0 Å². The van der Waals surface area contributed by atoms with Crippen LogP contribution in [0.15, 0.2) is 35.4 Å². The van der Waals surface area contributed by atoms with Crippen molar-refractivity contribution in [1.29, 1.82) is 0 Å². The van der Waals surface area contributed by atoms with Crippen LogP contribution in [0.1, 0.15) is 132 Å². The molecule has 1 unspecified atom stereocenters. The molecule has 324 valence electrons. The van der Waals surface area contributed by atoms with Crippen molar-refractivity contribution in [3.63, 3.8) is 0 Å². The number of hydrogen-bond acceptors (Lipinski definition) is 8. The molecule has 8 nitrogen and oxygen atoms in total. The normalized spacial score (nSPS) is 36.4. The number of fused-ring (bicyclic) bond motifs is 7. The van der Waals surface area contributed by atoms with Gasteiger partial charge < -0.3 is 19.8 Å². The largest absolute Gasteiger partial charge is 0.481 e. The second-order valence-electron chi connectivity index (χ2n) is 21.8. The van der Waals surface area contributed by atoms with Crippen molar-refractivity contribution in [3.8, 4) is 0 Å². The average molecular weight is 825 g/mol. The Hall–Kier alpha value is -2.27. The number of carbonyl (C=O) groups excluding carboxylic acids is 2. The Kier molecular flexibility index (Phi) is 12.2. The molecule has 0 aliphatic heterocycles. The number of carboxylic acid groups (broad SMARTS) is 1. The molecule has 1 aromatic carbocycles. The SMILES string of the molecule is CC(C)C1=C2[C@H]3CC[C@@H]4[C@@]5(C)CC[C@H](OC(=O)CC(C)(C)C(=O)O)C(C)(C)C5(S)CC[C@@]4(C)[C@]3(C)CC[C@@]2([C@H](O)CN(CCN(C)C)Cc2ccc(F)cc2)CC1=O. The van der Waals surface area contributed by atoms with Gasteiger partial charge in [-0.15, -0.1) is 0 Å². The van der Waals surface area contributed by atoms with Gasteiger partial charge in [-0.25, -0.2) is 4.39 Å². The highest BCUT2D eigenvalue weighted by atomic mass is 32.1. The Morgan fingerprint density at radius 1 is 0.931 bits per heavy atom. The number of rotatable bonds is 13. The molecule has 0 spiro atoms. The van der Waals surface area contributed by atoms with Crippen molar-refractivity contribution in [1.82, 2.24) is 9.80 Å². The Morgan fingerprint density at radius 2 is 1.57 bits per heavy atom. The van der Waals surface area contributed by atoms with Crippen molar-refractivity contribution >= 4 is 30.4 Å². The smallest absolute Gasteiger partial charge is 0.309 e. The van der Waals surface area contributed by atoms with Crippen LogP contribution in [-0.2, 0) is 25.7 Å². The second-order valence-corrected chi connectivity index (χ2v) is 22.6. The van der Waals surface area contributed by atoms with Crippen LogP contribution in [0.5, 0.6) is 0 Å². The third-order valence-corrected chi connectivity index (χ3v) is 18.7. The number of aliphatic hydroxyl groups excluding tert-OH is 1. The number of thiol groups is 1. The molecular weight excluding hydrogens is 752 g/mol. The molecule has 0 heterocycles. The highest BCUT2D eigenvalue weighted by molar-refractivity contribution is 7.82. The predicted octanol–water partition coefficient (Wildman–Crippen LogP) is 9.00. The third kappa shape index (κ3) is 7.13. The number of aliphatic carboxylic acids is 1. The quantitative estimate of drug-likeness (QED) is 0.134. The predicted molar refractivity (Wildman–Crippen MR) is 230 cm³/mol. The summed E-state index contributed by atoms with van der Waals surface area (Å²) in [5.41, 5.74) is 0.589. The number of hydrogen-bond donors (Lipinski definition) is 3. The van der Waals surface area contributed by atoms with E-state index >= 15 is 0 Å². The van der Waals surface area contributed by atoms with Gasteiger partial charge in [-0.1, -0.05) is 66.2 Å². The number of benzene rings is 1. The van der Waals surface area contributed by atoms with Gasteiger partial charge in [-0.2, -0.15) is 12.6 Å². The van der Waals surface area contributed by atoms with E-state index in [1.54, 1.807) is 13.8 Å². The van der Waals surface area contributed by atoms with Crippen LogP contribution in [0, 0.1) is 56.1 Å². The first-order valence-electron chi connectivity index (χ1n) is 22.0. The summed E-state index contributed by atoms with van der Waals surface area (Å²) in [6.45, 7) is 21.9. The minimum atomic E-state index is -1.21. The van der Waals surface area contributed by atoms with Gasteiger partial charge in [0.2, 0.25) is 0 Å². The van der Waals surface area contributed by atoms with Crippen LogP contribution in [0.3, 0.4) is 0 Å². The summed E-state index contributed by atoms with van der Waals surface area (Å²) in [5.74, 6) is -0.967. The van der Waals surface area contributed by atoms with Gasteiger partial charge in [0.1, 0.15) is 11.9 Å². The van der Waals surface area contributed by atoms with Crippen LogP contribution in [0.4, 0.5) is 4.39 Å². The number of Topliss-reactive ketones (excluding diaryl/α,β-unsaturated/α-hetero) is 1. The van der Waals surface area contributed by atoms with Gasteiger partial charge in [-0.3, -0.25) is 19.3 Å². The first kappa shape index (κ1) is 45.3. The minimum absolute atomic E-state index is 0.0554. The second kappa shape index (κ2) is 15.6. The highest BCUT2D eigenvalue weighted by Crippen LogP contribution is 2.78. The molecule has 0 amide bonds. The number of carbonyl (C=O) groups is 3. The summed E-state index contributed by atoms with van der Waals surface area (Å²) in [4.78, 5) is 43.8. The van der Waals surface area contributed by atoms with Crippen molar-refractivity contribution in [3.05, 3.63) is 46.8 Å².